The molecular weight excluding hydrogens is 251 g/mol. The maximum Gasteiger partial charge on any atom is 0.416 e. The van der Waals surface area contributed by atoms with E-state index in [4.69, 9.17) is 0 Å². The highest BCUT2D eigenvalue weighted by Crippen LogP contribution is 2.29. The minimum Gasteiger partial charge on any atom is -0.385 e. The Morgan fingerprint density at radius 3 is 2.29 bits per heavy atom. The van der Waals surface area contributed by atoms with Crippen LogP contribution in [0.3, 0.4) is 0 Å². The first-order valence-corrected chi connectivity index (χ1v) is 6.83. The van der Waals surface area contributed by atoms with E-state index < -0.39 is 22.5 Å². The lowest BCUT2D eigenvalue weighted by Gasteiger charge is -2.09. The van der Waals surface area contributed by atoms with Gasteiger partial charge in [-0.25, -0.2) is 0 Å². The SMILES string of the molecule is CS(=O)CCCNc1ccc(C(F)(F)F)cc1. The Labute approximate surface area is 101 Å². The fourth-order valence-electron chi connectivity index (χ4n) is 1.29. The zero-order valence-corrected chi connectivity index (χ0v) is 10.2. The average molecular weight is 265 g/mol. The molecule has 1 unspecified atom stereocenters. The molecule has 0 bridgehead atoms. The number of nitrogens with one attached hydrogen (secondary N) is 1. The fourth-order valence-corrected chi connectivity index (χ4v) is 1.84. The standard InChI is InChI=1S/C11H14F3NOS/c1-17(16)8-2-7-15-10-5-3-9(4-6-10)11(12,13)14/h3-6,15H,2,7-8H2,1H3. The van der Waals surface area contributed by atoms with E-state index in [9.17, 15) is 17.4 Å². The van der Waals surface area contributed by atoms with E-state index in [1.165, 1.54) is 12.1 Å². The van der Waals surface area contributed by atoms with Crippen molar-refractivity contribution < 1.29 is 17.4 Å². The van der Waals surface area contributed by atoms with Crippen molar-refractivity contribution in [3.8, 4) is 0 Å². The molecule has 1 N–H and O–H groups in total. The van der Waals surface area contributed by atoms with Gasteiger partial charge in [0.05, 0.1) is 5.56 Å². The number of halogens is 3. The van der Waals surface area contributed by atoms with Crippen molar-refractivity contribution >= 4 is 16.5 Å². The molecule has 1 rings (SSSR count). The topological polar surface area (TPSA) is 29.1 Å². The molecule has 96 valence electrons. The molecule has 2 nitrogen and oxygen atoms in total. The summed E-state index contributed by atoms with van der Waals surface area (Å²) >= 11 is 0. The number of benzene rings is 1. The lowest BCUT2D eigenvalue weighted by atomic mass is 10.2. The lowest BCUT2D eigenvalue weighted by molar-refractivity contribution is -0.137. The van der Waals surface area contributed by atoms with Crippen LogP contribution < -0.4 is 5.32 Å². The van der Waals surface area contributed by atoms with Crippen molar-refractivity contribution in [1.82, 2.24) is 0 Å². The van der Waals surface area contributed by atoms with Crippen molar-refractivity contribution in [1.29, 1.82) is 0 Å². The number of rotatable bonds is 5. The maximum absolute atomic E-state index is 12.3. The van der Waals surface area contributed by atoms with Gasteiger partial charge in [0, 0.05) is 35.0 Å². The van der Waals surface area contributed by atoms with Gasteiger partial charge in [0.1, 0.15) is 0 Å². The minimum atomic E-state index is -4.29. The highest BCUT2D eigenvalue weighted by molar-refractivity contribution is 7.84. The summed E-state index contributed by atoms with van der Waals surface area (Å²) in [5.74, 6) is 0.591. The van der Waals surface area contributed by atoms with E-state index in [0.717, 1.165) is 18.6 Å². The lowest BCUT2D eigenvalue weighted by Crippen LogP contribution is -2.07. The average Bonchev–Trinajstić information content (AvgIpc) is 2.23. The smallest absolute Gasteiger partial charge is 0.385 e. The van der Waals surface area contributed by atoms with Gasteiger partial charge in [-0.15, -0.1) is 0 Å². The van der Waals surface area contributed by atoms with Crippen molar-refractivity contribution in [2.24, 2.45) is 0 Å². The van der Waals surface area contributed by atoms with Gasteiger partial charge in [-0.2, -0.15) is 13.2 Å². The fraction of sp³-hybridized carbons (Fsp3) is 0.455. The summed E-state index contributed by atoms with van der Waals surface area (Å²) in [7, 11) is -0.828. The first-order chi connectivity index (χ1) is 7.89. The second-order valence-corrected chi connectivity index (χ2v) is 5.19. The highest BCUT2D eigenvalue weighted by atomic mass is 32.2. The first kappa shape index (κ1) is 14.0. The van der Waals surface area contributed by atoms with Crippen LogP contribution >= 0.6 is 0 Å². The minimum absolute atomic E-state index is 0.591. The summed E-state index contributed by atoms with van der Waals surface area (Å²) < 4.78 is 47.6. The zero-order valence-electron chi connectivity index (χ0n) is 9.38. The van der Waals surface area contributed by atoms with Gasteiger partial charge >= 0.3 is 6.18 Å². The molecule has 1 aromatic carbocycles. The monoisotopic (exact) mass is 265 g/mol. The Morgan fingerprint density at radius 2 is 1.82 bits per heavy atom. The van der Waals surface area contributed by atoms with Gasteiger partial charge in [0.25, 0.3) is 0 Å². The van der Waals surface area contributed by atoms with E-state index >= 15 is 0 Å². The van der Waals surface area contributed by atoms with Gasteiger partial charge in [0.2, 0.25) is 0 Å². The van der Waals surface area contributed by atoms with Crippen LogP contribution in [-0.4, -0.2) is 22.8 Å². The molecule has 0 saturated heterocycles. The van der Waals surface area contributed by atoms with Gasteiger partial charge in [-0.3, -0.25) is 4.21 Å². The van der Waals surface area contributed by atoms with Crippen LogP contribution in [0, 0.1) is 0 Å². The summed E-state index contributed by atoms with van der Waals surface area (Å²) in [5, 5.41) is 2.98. The molecule has 0 aromatic heterocycles. The molecule has 0 radical (unpaired) electrons. The normalized spacial score (nSPS) is 13.4. The molecule has 0 amide bonds. The number of anilines is 1. The van der Waals surface area contributed by atoms with Crippen LogP contribution in [-0.2, 0) is 17.0 Å². The molecule has 0 spiro atoms. The van der Waals surface area contributed by atoms with Crippen molar-refractivity contribution in [3.05, 3.63) is 29.8 Å². The van der Waals surface area contributed by atoms with Gasteiger partial charge in [0.15, 0.2) is 0 Å². The second-order valence-electron chi connectivity index (χ2n) is 3.63. The highest BCUT2D eigenvalue weighted by Gasteiger charge is 2.29. The van der Waals surface area contributed by atoms with Crippen LogP contribution in [0.25, 0.3) is 0 Å². The van der Waals surface area contributed by atoms with Crippen LogP contribution in [0.5, 0.6) is 0 Å². The van der Waals surface area contributed by atoms with Crippen LogP contribution in [0.1, 0.15) is 12.0 Å². The molecule has 17 heavy (non-hydrogen) atoms. The Balaban J connectivity index is 2.43. The quantitative estimate of drug-likeness (QED) is 0.829. The molecule has 0 heterocycles. The summed E-state index contributed by atoms with van der Waals surface area (Å²) in [6, 6.07) is 4.87. The molecular formula is C11H14F3NOS. The molecule has 1 aromatic rings. The largest absolute Gasteiger partial charge is 0.416 e. The number of alkyl halides is 3. The summed E-state index contributed by atoms with van der Waals surface area (Å²) in [4.78, 5) is 0. The molecule has 0 saturated carbocycles. The van der Waals surface area contributed by atoms with Crippen molar-refractivity contribution in [2.45, 2.75) is 12.6 Å². The Kier molecular flexibility index (Phi) is 4.99. The summed E-state index contributed by atoms with van der Waals surface area (Å²) in [6.45, 7) is 0.602. The third-order valence-electron chi connectivity index (χ3n) is 2.15. The maximum atomic E-state index is 12.3. The van der Waals surface area contributed by atoms with Gasteiger partial charge in [-0.05, 0) is 30.7 Å². The predicted molar refractivity (Wildman–Crippen MR) is 63.5 cm³/mol. The van der Waals surface area contributed by atoms with Crippen molar-refractivity contribution in [3.63, 3.8) is 0 Å². The van der Waals surface area contributed by atoms with E-state index in [2.05, 4.69) is 5.32 Å². The molecule has 1 atom stereocenters. The molecule has 0 fully saturated rings. The third-order valence-corrected chi connectivity index (χ3v) is 3.01. The molecule has 6 heteroatoms. The van der Waals surface area contributed by atoms with Gasteiger partial charge < -0.3 is 5.32 Å². The van der Waals surface area contributed by atoms with E-state index in [0.29, 0.717) is 18.0 Å². The summed E-state index contributed by atoms with van der Waals surface area (Å²) in [6.07, 6.45) is -1.94. The first-order valence-electron chi connectivity index (χ1n) is 5.11. The van der Waals surface area contributed by atoms with E-state index in [1.807, 2.05) is 0 Å². The van der Waals surface area contributed by atoms with Crippen LogP contribution in [0.15, 0.2) is 24.3 Å². The van der Waals surface area contributed by atoms with Crippen molar-refractivity contribution in [2.75, 3.05) is 23.9 Å². The van der Waals surface area contributed by atoms with Gasteiger partial charge in [-0.1, -0.05) is 0 Å². The van der Waals surface area contributed by atoms with Crippen LogP contribution in [0.4, 0.5) is 18.9 Å². The second kappa shape index (κ2) is 6.05. The Bertz CT molecular complexity index is 375. The molecule has 0 aliphatic carbocycles. The third kappa shape index (κ3) is 5.21. The number of hydrogen-bond donors (Lipinski definition) is 1. The molecule has 0 aliphatic heterocycles. The Hall–Kier alpha value is -1.04. The van der Waals surface area contributed by atoms with E-state index in [-0.39, 0.29) is 0 Å². The Morgan fingerprint density at radius 1 is 1.24 bits per heavy atom. The molecule has 0 aliphatic rings. The van der Waals surface area contributed by atoms with E-state index in [1.54, 1.807) is 6.26 Å². The predicted octanol–water partition coefficient (Wildman–Crippen LogP) is 2.89. The van der Waals surface area contributed by atoms with Crippen LogP contribution in [0.2, 0.25) is 0 Å². The summed E-state index contributed by atoms with van der Waals surface area (Å²) in [5.41, 5.74) is -0.0161. The zero-order chi connectivity index (χ0) is 12.9. The number of hydrogen-bond acceptors (Lipinski definition) is 2.